The molecule has 2 N–H and O–H groups in total. The molecule has 1 aliphatic carbocycles. The van der Waals surface area contributed by atoms with E-state index in [2.05, 4.69) is 20.5 Å². The number of amides is 1. The number of nitrogens with zero attached hydrogens (tertiary/aromatic N) is 2. The maximum Gasteiger partial charge on any atom is 0.231 e. The van der Waals surface area contributed by atoms with Crippen LogP contribution in [0.15, 0.2) is 40.8 Å². The number of aryl methyl sites for hydroxylation is 1. The summed E-state index contributed by atoms with van der Waals surface area (Å²) in [6.07, 6.45) is 7.74. The highest BCUT2D eigenvalue weighted by atomic mass is 16.4. The van der Waals surface area contributed by atoms with Gasteiger partial charge >= 0.3 is 0 Å². The van der Waals surface area contributed by atoms with Crippen LogP contribution in [-0.4, -0.2) is 21.1 Å². The largest absolute Gasteiger partial charge is 0.441 e. The highest BCUT2D eigenvalue weighted by Gasteiger charge is 2.17. The molecule has 2 aromatic heterocycles. The van der Waals surface area contributed by atoms with Crippen LogP contribution in [0.4, 0.5) is 5.82 Å². The smallest absolute Gasteiger partial charge is 0.231 e. The standard InChI is InChI=1S/C22H26N4O2/c1-15-19(23-22(28-15)17-10-6-3-7-11-17)14-21(27)24-20-13-18(25-26-20)12-16-8-4-2-5-9-16/h3,6-7,10-11,13,16H,2,4-5,8-9,12,14H2,1H3,(H2,24,25,26,27). The molecule has 0 atom stereocenters. The van der Waals surface area contributed by atoms with Crippen molar-refractivity contribution in [2.75, 3.05) is 5.32 Å². The zero-order valence-electron chi connectivity index (χ0n) is 16.2. The Balaban J connectivity index is 1.35. The third-order valence-corrected chi connectivity index (χ3v) is 5.37. The van der Waals surface area contributed by atoms with E-state index in [-0.39, 0.29) is 12.3 Å². The lowest BCUT2D eigenvalue weighted by Gasteiger charge is -2.20. The Morgan fingerprint density at radius 2 is 2.00 bits per heavy atom. The molecule has 4 rings (SSSR count). The molecule has 1 aliphatic rings. The number of benzene rings is 1. The maximum absolute atomic E-state index is 12.4. The summed E-state index contributed by atoms with van der Waals surface area (Å²) < 4.78 is 5.73. The van der Waals surface area contributed by atoms with Gasteiger partial charge in [0.25, 0.3) is 0 Å². The van der Waals surface area contributed by atoms with Crippen molar-refractivity contribution >= 4 is 11.7 Å². The average molecular weight is 378 g/mol. The maximum atomic E-state index is 12.4. The molecule has 28 heavy (non-hydrogen) atoms. The monoisotopic (exact) mass is 378 g/mol. The van der Waals surface area contributed by atoms with Gasteiger partial charge in [0, 0.05) is 17.3 Å². The molecule has 0 spiro atoms. The highest BCUT2D eigenvalue weighted by Crippen LogP contribution is 2.27. The molecule has 1 aromatic carbocycles. The summed E-state index contributed by atoms with van der Waals surface area (Å²) in [4.78, 5) is 16.9. The first-order chi connectivity index (χ1) is 13.7. The van der Waals surface area contributed by atoms with E-state index in [4.69, 9.17) is 4.42 Å². The van der Waals surface area contributed by atoms with Crippen molar-refractivity contribution in [2.45, 2.75) is 51.9 Å². The fraction of sp³-hybridized carbons (Fsp3) is 0.409. The Kier molecular flexibility index (Phi) is 5.55. The van der Waals surface area contributed by atoms with Crippen molar-refractivity contribution in [1.29, 1.82) is 0 Å². The molecule has 6 nitrogen and oxygen atoms in total. The molecule has 3 aromatic rings. The van der Waals surface area contributed by atoms with Crippen molar-refractivity contribution in [3.63, 3.8) is 0 Å². The quantitative estimate of drug-likeness (QED) is 0.652. The minimum absolute atomic E-state index is 0.147. The molecule has 0 bridgehead atoms. The molecule has 1 saturated carbocycles. The van der Waals surface area contributed by atoms with Crippen LogP contribution in [0.5, 0.6) is 0 Å². The molecule has 6 heteroatoms. The number of carbonyl (C=O) groups is 1. The lowest BCUT2D eigenvalue weighted by Crippen LogP contribution is -2.15. The van der Waals surface area contributed by atoms with Crippen molar-refractivity contribution in [3.8, 4) is 11.5 Å². The van der Waals surface area contributed by atoms with Gasteiger partial charge in [0.05, 0.1) is 12.1 Å². The van der Waals surface area contributed by atoms with E-state index in [0.717, 1.165) is 23.6 Å². The van der Waals surface area contributed by atoms with Crippen LogP contribution < -0.4 is 5.32 Å². The van der Waals surface area contributed by atoms with Crippen LogP contribution >= 0.6 is 0 Å². The third kappa shape index (κ3) is 4.50. The van der Waals surface area contributed by atoms with Gasteiger partial charge in [-0.2, -0.15) is 5.10 Å². The summed E-state index contributed by atoms with van der Waals surface area (Å²) in [7, 11) is 0. The molecule has 0 radical (unpaired) electrons. The Bertz CT molecular complexity index is 923. The fourth-order valence-electron chi connectivity index (χ4n) is 3.87. The highest BCUT2D eigenvalue weighted by molar-refractivity contribution is 5.91. The van der Waals surface area contributed by atoms with Gasteiger partial charge in [-0.3, -0.25) is 9.89 Å². The Morgan fingerprint density at radius 3 is 2.79 bits per heavy atom. The van der Waals surface area contributed by atoms with Crippen LogP contribution in [0.2, 0.25) is 0 Å². The van der Waals surface area contributed by atoms with Crippen molar-refractivity contribution in [3.05, 3.63) is 53.5 Å². The summed E-state index contributed by atoms with van der Waals surface area (Å²) in [6.45, 7) is 1.83. The van der Waals surface area contributed by atoms with Crippen LogP contribution in [0.25, 0.3) is 11.5 Å². The topological polar surface area (TPSA) is 83.8 Å². The van der Waals surface area contributed by atoms with E-state index in [1.54, 1.807) is 0 Å². The molecular weight excluding hydrogens is 352 g/mol. The van der Waals surface area contributed by atoms with E-state index < -0.39 is 0 Å². The predicted molar refractivity (Wildman–Crippen MR) is 108 cm³/mol. The van der Waals surface area contributed by atoms with Gasteiger partial charge in [-0.1, -0.05) is 50.3 Å². The number of rotatable bonds is 6. The first-order valence-corrected chi connectivity index (χ1v) is 10.0. The molecule has 0 unspecified atom stereocenters. The summed E-state index contributed by atoms with van der Waals surface area (Å²) in [5.74, 6) is 2.35. The number of H-pyrrole nitrogens is 1. The number of aromatic nitrogens is 3. The predicted octanol–water partition coefficient (Wildman–Crippen LogP) is 4.68. The zero-order chi connectivity index (χ0) is 19.3. The second-order valence-corrected chi connectivity index (χ2v) is 7.60. The Labute approximate surface area is 164 Å². The summed E-state index contributed by atoms with van der Waals surface area (Å²) in [5.41, 5.74) is 2.64. The second kappa shape index (κ2) is 8.42. The van der Waals surface area contributed by atoms with Crippen molar-refractivity contribution < 1.29 is 9.21 Å². The SMILES string of the molecule is Cc1oc(-c2ccccc2)nc1CC(=O)Nc1cc(CC2CCCCC2)[nH]n1. The van der Waals surface area contributed by atoms with E-state index in [1.807, 2.05) is 43.3 Å². The van der Waals surface area contributed by atoms with Gasteiger partial charge in [-0.25, -0.2) is 4.98 Å². The summed E-state index contributed by atoms with van der Waals surface area (Å²) in [6, 6.07) is 11.6. The van der Waals surface area contributed by atoms with Gasteiger partial charge in [0.2, 0.25) is 11.8 Å². The third-order valence-electron chi connectivity index (χ3n) is 5.37. The number of carbonyl (C=O) groups excluding carboxylic acids is 1. The van der Waals surface area contributed by atoms with Gasteiger partial charge in [-0.05, 0) is 31.4 Å². The molecule has 2 heterocycles. The van der Waals surface area contributed by atoms with Gasteiger partial charge < -0.3 is 9.73 Å². The van der Waals surface area contributed by atoms with E-state index in [0.29, 0.717) is 23.2 Å². The normalized spacial score (nSPS) is 14.9. The molecule has 1 fully saturated rings. The molecular formula is C22H26N4O2. The molecule has 1 amide bonds. The number of aromatic amines is 1. The number of nitrogens with one attached hydrogen (secondary N) is 2. The van der Waals surface area contributed by atoms with Crippen LogP contribution in [0, 0.1) is 12.8 Å². The van der Waals surface area contributed by atoms with Crippen LogP contribution in [0.3, 0.4) is 0 Å². The molecule has 0 aliphatic heterocycles. The number of hydrogen-bond acceptors (Lipinski definition) is 4. The zero-order valence-corrected chi connectivity index (χ0v) is 16.2. The van der Waals surface area contributed by atoms with E-state index in [1.165, 1.54) is 32.1 Å². The minimum atomic E-state index is -0.147. The Morgan fingerprint density at radius 1 is 1.21 bits per heavy atom. The number of anilines is 1. The first-order valence-electron chi connectivity index (χ1n) is 10.0. The second-order valence-electron chi connectivity index (χ2n) is 7.60. The molecule has 146 valence electrons. The van der Waals surface area contributed by atoms with Gasteiger partial charge in [0.1, 0.15) is 5.76 Å². The van der Waals surface area contributed by atoms with Gasteiger partial charge in [0.15, 0.2) is 5.82 Å². The van der Waals surface area contributed by atoms with E-state index in [9.17, 15) is 4.79 Å². The number of oxazole rings is 1. The fourth-order valence-corrected chi connectivity index (χ4v) is 3.87. The van der Waals surface area contributed by atoms with Crippen molar-refractivity contribution in [2.24, 2.45) is 5.92 Å². The lowest BCUT2D eigenvalue weighted by atomic mass is 9.86. The lowest BCUT2D eigenvalue weighted by molar-refractivity contribution is -0.115. The summed E-state index contributed by atoms with van der Waals surface area (Å²) in [5, 5.41) is 10.2. The Hall–Kier alpha value is -2.89. The average Bonchev–Trinajstić information content (AvgIpc) is 3.30. The van der Waals surface area contributed by atoms with Crippen LogP contribution in [0.1, 0.15) is 49.3 Å². The van der Waals surface area contributed by atoms with Crippen LogP contribution in [-0.2, 0) is 17.6 Å². The van der Waals surface area contributed by atoms with Crippen molar-refractivity contribution in [1.82, 2.24) is 15.2 Å². The van der Waals surface area contributed by atoms with E-state index >= 15 is 0 Å². The first kappa shape index (κ1) is 18.5. The number of hydrogen-bond donors (Lipinski definition) is 2. The minimum Gasteiger partial charge on any atom is -0.441 e. The summed E-state index contributed by atoms with van der Waals surface area (Å²) >= 11 is 0. The van der Waals surface area contributed by atoms with Gasteiger partial charge in [-0.15, -0.1) is 0 Å². The molecule has 0 saturated heterocycles.